The van der Waals surface area contributed by atoms with Gasteiger partial charge in [0.05, 0.1) is 0 Å². The summed E-state index contributed by atoms with van der Waals surface area (Å²) in [6.45, 7) is 0. The molecule has 0 spiro atoms. The third kappa shape index (κ3) is 1.29. The topological polar surface area (TPSA) is 13.1 Å². The Balaban J connectivity index is 1.78. The predicted octanol–water partition coefficient (Wildman–Crippen LogP) is 2.95. The van der Waals surface area contributed by atoms with Gasteiger partial charge in [0.1, 0.15) is 0 Å². The normalized spacial score (nSPS) is 32.0. The molecule has 1 aromatic rings. The van der Waals surface area contributed by atoms with Gasteiger partial charge in [-0.2, -0.15) is 0 Å². The van der Waals surface area contributed by atoms with E-state index in [4.69, 9.17) is 4.42 Å². The van der Waals surface area contributed by atoms with Crippen molar-refractivity contribution in [1.82, 2.24) is 0 Å². The molecule has 16 heavy (non-hydrogen) atoms. The Morgan fingerprint density at radius 3 is 2.88 bits per heavy atom. The first kappa shape index (κ1) is 9.79. The molecule has 0 radical (unpaired) electrons. The molecule has 3 aliphatic rings. The molecule has 0 saturated heterocycles. The standard InChI is InChI=1S/C14H18OSe/c1-3-7-11-9(5-1)14-13(15-11)10-6-2-4-8-12(10)16-14/h10,12H,1-8H2. The minimum absolute atomic E-state index is 0.745. The predicted molar refractivity (Wildman–Crippen MR) is 65.7 cm³/mol. The van der Waals surface area contributed by atoms with Crippen LogP contribution in [0.25, 0.3) is 0 Å². The van der Waals surface area contributed by atoms with Crippen molar-refractivity contribution in [2.45, 2.75) is 62.1 Å². The van der Waals surface area contributed by atoms with Gasteiger partial charge in [-0.1, -0.05) is 0 Å². The summed E-state index contributed by atoms with van der Waals surface area (Å²) in [7, 11) is 0. The second kappa shape index (κ2) is 3.65. The fraction of sp³-hybridized carbons (Fsp3) is 0.714. The summed E-state index contributed by atoms with van der Waals surface area (Å²) in [5, 5.41) is 0. The Bertz CT molecular complexity index is 421. The van der Waals surface area contributed by atoms with E-state index >= 15 is 0 Å². The van der Waals surface area contributed by atoms with Gasteiger partial charge < -0.3 is 0 Å². The Kier molecular flexibility index (Phi) is 2.23. The number of hydrogen-bond donors (Lipinski definition) is 0. The second-order valence-electron chi connectivity index (χ2n) is 5.45. The molecule has 2 aliphatic carbocycles. The Morgan fingerprint density at radius 1 is 1.00 bits per heavy atom. The Morgan fingerprint density at radius 2 is 1.88 bits per heavy atom. The summed E-state index contributed by atoms with van der Waals surface area (Å²) < 4.78 is 7.96. The van der Waals surface area contributed by atoms with Crippen molar-refractivity contribution in [3.05, 3.63) is 17.1 Å². The molecule has 0 N–H and O–H groups in total. The van der Waals surface area contributed by atoms with Crippen molar-refractivity contribution in [1.29, 1.82) is 0 Å². The van der Waals surface area contributed by atoms with Crippen LogP contribution >= 0.6 is 0 Å². The van der Waals surface area contributed by atoms with Gasteiger partial charge in [0, 0.05) is 0 Å². The molecule has 0 amide bonds. The first-order valence-electron chi connectivity index (χ1n) is 6.74. The van der Waals surface area contributed by atoms with Gasteiger partial charge in [0.2, 0.25) is 0 Å². The van der Waals surface area contributed by atoms with Crippen LogP contribution in [0, 0.1) is 0 Å². The van der Waals surface area contributed by atoms with Gasteiger partial charge in [-0.3, -0.25) is 0 Å². The van der Waals surface area contributed by atoms with E-state index < -0.39 is 0 Å². The zero-order valence-electron chi connectivity index (χ0n) is 9.63. The summed E-state index contributed by atoms with van der Waals surface area (Å²) in [6.07, 6.45) is 11.1. The van der Waals surface area contributed by atoms with Crippen LogP contribution in [0.15, 0.2) is 4.42 Å². The molecule has 0 aromatic carbocycles. The van der Waals surface area contributed by atoms with E-state index in [1.165, 1.54) is 62.9 Å². The molecule has 0 bridgehead atoms. The first-order chi connectivity index (χ1) is 7.93. The average molecular weight is 281 g/mol. The molecule has 2 unspecified atom stereocenters. The maximum absolute atomic E-state index is 6.23. The van der Waals surface area contributed by atoms with Crippen LogP contribution in [0.5, 0.6) is 0 Å². The van der Waals surface area contributed by atoms with E-state index in [1.54, 1.807) is 10.0 Å². The van der Waals surface area contributed by atoms with E-state index in [1.807, 2.05) is 0 Å². The van der Waals surface area contributed by atoms with E-state index in [2.05, 4.69) is 0 Å². The summed E-state index contributed by atoms with van der Waals surface area (Å²) >= 11 is 0.745. The van der Waals surface area contributed by atoms with Crippen LogP contribution in [0.4, 0.5) is 0 Å². The number of fused-ring (bicyclic) bond motifs is 5. The molecule has 1 aliphatic heterocycles. The number of furan rings is 1. The monoisotopic (exact) mass is 282 g/mol. The van der Waals surface area contributed by atoms with Crippen LogP contribution in [0.3, 0.4) is 0 Å². The molecule has 2 atom stereocenters. The van der Waals surface area contributed by atoms with Crippen LogP contribution in [0.1, 0.15) is 61.5 Å². The van der Waals surface area contributed by atoms with Crippen LogP contribution in [0.2, 0.25) is 4.82 Å². The molecule has 1 fully saturated rings. The van der Waals surface area contributed by atoms with Crippen molar-refractivity contribution in [2.24, 2.45) is 0 Å². The molecule has 86 valence electrons. The van der Waals surface area contributed by atoms with Crippen LogP contribution in [-0.4, -0.2) is 15.0 Å². The van der Waals surface area contributed by atoms with E-state index in [9.17, 15) is 0 Å². The van der Waals surface area contributed by atoms with E-state index in [0.29, 0.717) is 0 Å². The fourth-order valence-electron chi connectivity index (χ4n) is 3.62. The first-order valence-corrected chi connectivity index (χ1v) is 8.59. The van der Waals surface area contributed by atoms with Crippen LogP contribution < -0.4 is 4.46 Å². The van der Waals surface area contributed by atoms with E-state index in [-0.39, 0.29) is 0 Å². The molecule has 1 saturated carbocycles. The zero-order valence-corrected chi connectivity index (χ0v) is 11.3. The van der Waals surface area contributed by atoms with Gasteiger partial charge in [-0.05, 0) is 0 Å². The van der Waals surface area contributed by atoms with Gasteiger partial charge >= 0.3 is 103 Å². The summed E-state index contributed by atoms with van der Waals surface area (Å²) in [5.74, 6) is 3.66. The van der Waals surface area contributed by atoms with Crippen molar-refractivity contribution in [2.75, 3.05) is 0 Å². The second-order valence-corrected chi connectivity index (χ2v) is 8.07. The third-order valence-electron chi connectivity index (χ3n) is 4.46. The van der Waals surface area contributed by atoms with Crippen molar-refractivity contribution in [3.63, 3.8) is 0 Å². The van der Waals surface area contributed by atoms with Crippen molar-refractivity contribution < 1.29 is 4.42 Å². The van der Waals surface area contributed by atoms with Crippen LogP contribution in [-0.2, 0) is 12.8 Å². The summed E-state index contributed by atoms with van der Waals surface area (Å²) in [4.78, 5) is 1.00. The summed E-state index contributed by atoms with van der Waals surface area (Å²) in [6, 6.07) is 0. The minimum atomic E-state index is 0.745. The number of aryl methyl sites for hydroxylation is 1. The molecular weight excluding hydrogens is 263 g/mol. The average Bonchev–Trinajstić information content (AvgIpc) is 2.85. The third-order valence-corrected chi connectivity index (χ3v) is 7.71. The van der Waals surface area contributed by atoms with Gasteiger partial charge in [0.25, 0.3) is 0 Å². The number of hydrogen-bond acceptors (Lipinski definition) is 1. The maximum atomic E-state index is 6.23. The SMILES string of the molecule is C1CCc2c(oc3c2[Se]C2CCCCC32)C1. The molecule has 2 heterocycles. The molecule has 1 nitrogen and oxygen atoms in total. The van der Waals surface area contributed by atoms with Crippen molar-refractivity contribution in [3.8, 4) is 0 Å². The van der Waals surface area contributed by atoms with E-state index in [0.717, 1.165) is 25.7 Å². The fourth-order valence-corrected chi connectivity index (χ4v) is 7.14. The van der Waals surface area contributed by atoms with Gasteiger partial charge in [-0.25, -0.2) is 0 Å². The molecule has 1 aromatic heterocycles. The number of rotatable bonds is 0. The summed E-state index contributed by atoms with van der Waals surface area (Å²) in [5.41, 5.74) is 1.66. The quantitative estimate of drug-likeness (QED) is 0.666. The zero-order chi connectivity index (χ0) is 10.5. The Hall–Kier alpha value is -0.201. The van der Waals surface area contributed by atoms with Gasteiger partial charge in [-0.15, -0.1) is 0 Å². The molecule has 2 heteroatoms. The van der Waals surface area contributed by atoms with Crippen molar-refractivity contribution >= 4 is 19.4 Å². The molecular formula is C14H18OSe. The van der Waals surface area contributed by atoms with Gasteiger partial charge in [0.15, 0.2) is 0 Å². The molecule has 4 rings (SSSR count). The Labute approximate surface area is 103 Å².